The first-order chi connectivity index (χ1) is 11.5. The van der Waals surface area contributed by atoms with Gasteiger partial charge in [0.1, 0.15) is 0 Å². The summed E-state index contributed by atoms with van der Waals surface area (Å²) in [5, 5.41) is 9.02. The van der Waals surface area contributed by atoms with Gasteiger partial charge >= 0.3 is 5.97 Å². The van der Waals surface area contributed by atoms with Gasteiger partial charge in [-0.2, -0.15) is 0 Å². The minimum Gasteiger partial charge on any atom is -0.481 e. The maximum Gasteiger partial charge on any atom is 0.309 e. The van der Waals surface area contributed by atoms with E-state index >= 15 is 0 Å². The molecule has 0 heterocycles. The molecule has 0 unspecified atom stereocenters. The number of aliphatic carboxylic acids is 1. The van der Waals surface area contributed by atoms with E-state index in [-0.39, 0.29) is 0 Å². The Morgan fingerprint density at radius 2 is 1.25 bits per heavy atom. The van der Waals surface area contributed by atoms with Crippen molar-refractivity contribution in [1.29, 1.82) is 0 Å². The van der Waals surface area contributed by atoms with Crippen LogP contribution >= 0.6 is 0 Å². The van der Waals surface area contributed by atoms with Crippen LogP contribution in [-0.2, 0) is 4.79 Å². The Morgan fingerprint density at radius 1 is 0.792 bits per heavy atom. The van der Waals surface area contributed by atoms with Crippen LogP contribution in [-0.4, -0.2) is 11.1 Å². The first kappa shape index (κ1) is 22.4. The van der Waals surface area contributed by atoms with Gasteiger partial charge in [0.25, 0.3) is 0 Å². The fourth-order valence-corrected chi connectivity index (χ4v) is 2.11. The van der Waals surface area contributed by atoms with Crippen LogP contribution < -0.4 is 0 Å². The molecule has 1 N–H and O–H groups in total. The maximum atomic E-state index is 11.0. The Morgan fingerprint density at radius 3 is 1.71 bits per heavy atom. The van der Waals surface area contributed by atoms with Crippen LogP contribution in [0, 0.1) is 5.41 Å². The van der Waals surface area contributed by atoms with E-state index in [0.29, 0.717) is 6.42 Å². The highest BCUT2D eigenvalue weighted by molar-refractivity contribution is 5.73. The topological polar surface area (TPSA) is 37.3 Å². The van der Waals surface area contributed by atoms with Gasteiger partial charge in [-0.1, -0.05) is 68.4 Å². The number of carboxylic acids is 1. The number of hydrogen-bond acceptors (Lipinski definition) is 1. The lowest BCUT2D eigenvalue weighted by Crippen LogP contribution is -2.22. The van der Waals surface area contributed by atoms with E-state index in [1.54, 1.807) is 13.8 Å². The third-order valence-corrected chi connectivity index (χ3v) is 3.97. The highest BCUT2D eigenvalue weighted by Crippen LogP contribution is 2.22. The largest absolute Gasteiger partial charge is 0.481 e. The molecular weight excluding hydrogens is 296 g/mol. The smallest absolute Gasteiger partial charge is 0.309 e. The Labute approximate surface area is 149 Å². The van der Waals surface area contributed by atoms with Crippen molar-refractivity contribution in [2.45, 2.75) is 78.6 Å². The summed E-state index contributed by atoms with van der Waals surface area (Å²) in [4.78, 5) is 11.0. The zero-order chi connectivity index (χ0) is 18.1. The molecule has 0 atom stereocenters. The third-order valence-electron chi connectivity index (χ3n) is 3.97. The highest BCUT2D eigenvalue weighted by atomic mass is 16.4. The Balaban J connectivity index is 3.60. The summed E-state index contributed by atoms with van der Waals surface area (Å²) in [7, 11) is 0. The summed E-state index contributed by atoms with van der Waals surface area (Å²) in [6.45, 7) is 5.78. The minimum atomic E-state index is -0.724. The van der Waals surface area contributed by atoms with Crippen molar-refractivity contribution in [2.75, 3.05) is 0 Å². The number of rotatable bonds is 14. The molecule has 2 nitrogen and oxygen atoms in total. The lowest BCUT2D eigenvalue weighted by Gasteiger charge is -2.17. The molecule has 0 fully saturated rings. The summed E-state index contributed by atoms with van der Waals surface area (Å²) in [5.74, 6) is -0.724. The van der Waals surface area contributed by atoms with Gasteiger partial charge in [0, 0.05) is 0 Å². The molecular formula is C22H36O2. The lowest BCUT2D eigenvalue weighted by molar-refractivity contribution is -0.147. The average molecular weight is 333 g/mol. The van der Waals surface area contributed by atoms with Crippen LogP contribution in [0.15, 0.2) is 48.6 Å². The number of allylic oxidation sites excluding steroid dienone is 8. The van der Waals surface area contributed by atoms with E-state index in [9.17, 15) is 4.79 Å². The van der Waals surface area contributed by atoms with E-state index in [2.05, 4.69) is 55.5 Å². The van der Waals surface area contributed by atoms with Crippen molar-refractivity contribution >= 4 is 5.97 Å². The minimum absolute atomic E-state index is 0.630. The first-order valence-electron chi connectivity index (χ1n) is 9.34. The molecule has 0 aromatic carbocycles. The highest BCUT2D eigenvalue weighted by Gasteiger charge is 2.25. The number of carboxylic acid groups (broad SMARTS) is 1. The predicted octanol–water partition coefficient (Wildman–Crippen LogP) is 6.85. The van der Waals surface area contributed by atoms with Crippen molar-refractivity contribution in [3.8, 4) is 0 Å². The number of hydrogen-bond donors (Lipinski definition) is 1. The lowest BCUT2D eigenvalue weighted by atomic mass is 9.88. The average Bonchev–Trinajstić information content (AvgIpc) is 2.54. The van der Waals surface area contributed by atoms with Gasteiger partial charge in [-0.15, -0.1) is 0 Å². The third kappa shape index (κ3) is 14.0. The SMILES string of the molecule is CCCCC/C=C/C/C=C/C/C=C/C/C=C/CCC(C)(C)C(=O)O. The molecule has 0 radical (unpaired) electrons. The Kier molecular flexibility index (Phi) is 14.0. The van der Waals surface area contributed by atoms with Crippen molar-refractivity contribution in [1.82, 2.24) is 0 Å². The Bertz CT molecular complexity index is 425. The van der Waals surface area contributed by atoms with Crippen LogP contribution in [0.4, 0.5) is 0 Å². The van der Waals surface area contributed by atoms with E-state index in [0.717, 1.165) is 25.7 Å². The molecule has 2 heteroatoms. The number of carbonyl (C=O) groups is 1. The quantitative estimate of drug-likeness (QED) is 0.279. The van der Waals surface area contributed by atoms with Gasteiger partial charge in [0.2, 0.25) is 0 Å². The van der Waals surface area contributed by atoms with Gasteiger partial charge in [-0.25, -0.2) is 0 Å². The summed E-state index contributed by atoms with van der Waals surface area (Å²) in [5.41, 5.74) is -0.630. The molecule has 24 heavy (non-hydrogen) atoms. The molecule has 0 aromatic rings. The van der Waals surface area contributed by atoms with Crippen LogP contribution in [0.25, 0.3) is 0 Å². The van der Waals surface area contributed by atoms with Crippen LogP contribution in [0.1, 0.15) is 78.6 Å². The fraction of sp³-hybridized carbons (Fsp3) is 0.591. The normalized spacial score (nSPS) is 13.1. The standard InChI is InChI=1S/C22H36O2/c1-4-5-6-7-8-9-10-11-12-13-14-15-16-17-18-19-20-22(2,3)21(23)24/h8-9,11-12,14-15,17-18H,4-7,10,13,16,19-20H2,1-3H3,(H,23,24)/b9-8+,12-11+,15-14+,18-17+. The monoisotopic (exact) mass is 332 g/mol. The zero-order valence-corrected chi connectivity index (χ0v) is 15.8. The Hall–Kier alpha value is -1.57. The van der Waals surface area contributed by atoms with E-state index in [1.807, 2.05) is 0 Å². The second kappa shape index (κ2) is 15.0. The van der Waals surface area contributed by atoms with E-state index in [1.165, 1.54) is 25.7 Å². The second-order valence-corrected chi connectivity index (χ2v) is 6.82. The molecule has 0 amide bonds. The first-order valence-corrected chi connectivity index (χ1v) is 9.34. The summed E-state index contributed by atoms with van der Waals surface area (Å²) in [6, 6.07) is 0. The second-order valence-electron chi connectivity index (χ2n) is 6.82. The van der Waals surface area contributed by atoms with Gasteiger partial charge in [0.15, 0.2) is 0 Å². The molecule has 0 bridgehead atoms. The zero-order valence-electron chi connectivity index (χ0n) is 15.8. The molecule has 136 valence electrons. The van der Waals surface area contributed by atoms with Crippen molar-refractivity contribution in [3.63, 3.8) is 0 Å². The van der Waals surface area contributed by atoms with E-state index < -0.39 is 11.4 Å². The van der Waals surface area contributed by atoms with Gasteiger partial charge in [-0.05, 0) is 58.8 Å². The summed E-state index contributed by atoms with van der Waals surface area (Å²) >= 11 is 0. The maximum absolute atomic E-state index is 11.0. The molecule has 0 aromatic heterocycles. The van der Waals surface area contributed by atoms with Gasteiger partial charge in [-0.3, -0.25) is 4.79 Å². The molecule has 0 aliphatic rings. The fourth-order valence-electron chi connectivity index (χ4n) is 2.11. The molecule has 0 spiro atoms. The molecule has 0 saturated carbocycles. The van der Waals surface area contributed by atoms with Crippen LogP contribution in [0.3, 0.4) is 0 Å². The predicted molar refractivity (Wildman–Crippen MR) is 105 cm³/mol. The van der Waals surface area contributed by atoms with Crippen molar-refractivity contribution in [2.24, 2.45) is 5.41 Å². The van der Waals surface area contributed by atoms with Gasteiger partial charge < -0.3 is 5.11 Å². The summed E-state index contributed by atoms with van der Waals surface area (Å²) in [6.07, 6.45) is 27.0. The molecule has 0 rings (SSSR count). The van der Waals surface area contributed by atoms with Crippen molar-refractivity contribution < 1.29 is 9.90 Å². The summed E-state index contributed by atoms with van der Waals surface area (Å²) < 4.78 is 0. The number of unbranched alkanes of at least 4 members (excludes halogenated alkanes) is 3. The van der Waals surface area contributed by atoms with Crippen LogP contribution in [0.5, 0.6) is 0 Å². The van der Waals surface area contributed by atoms with Crippen molar-refractivity contribution in [3.05, 3.63) is 48.6 Å². The van der Waals surface area contributed by atoms with E-state index in [4.69, 9.17) is 5.11 Å². The van der Waals surface area contributed by atoms with Gasteiger partial charge in [0.05, 0.1) is 5.41 Å². The molecule has 0 aliphatic carbocycles. The van der Waals surface area contributed by atoms with Crippen LogP contribution in [0.2, 0.25) is 0 Å². The molecule has 0 saturated heterocycles. The molecule has 0 aliphatic heterocycles.